The highest BCUT2D eigenvalue weighted by atomic mass is 16.5. The van der Waals surface area contributed by atoms with Crippen LogP contribution in [-0.4, -0.2) is 23.3 Å². The molecule has 0 saturated heterocycles. The fourth-order valence-corrected chi connectivity index (χ4v) is 1.77. The molecule has 1 N–H and O–H groups in total. The Labute approximate surface area is 93.5 Å². The first-order valence-electron chi connectivity index (χ1n) is 5.13. The number of nitrogens with zero attached hydrogens (tertiary/aromatic N) is 1. The predicted octanol–water partition coefficient (Wildman–Crippen LogP) is 2.10. The molecule has 0 aliphatic carbocycles. The minimum Gasteiger partial charge on any atom is -0.492 e. The third-order valence-corrected chi connectivity index (χ3v) is 2.89. The van der Waals surface area contributed by atoms with Gasteiger partial charge in [0.2, 0.25) is 5.78 Å². The normalized spacial score (nSPS) is 17.9. The van der Waals surface area contributed by atoms with Gasteiger partial charge in [0.1, 0.15) is 11.5 Å². The van der Waals surface area contributed by atoms with Crippen molar-refractivity contribution >= 4 is 11.5 Å². The number of rotatable bonds is 0. The fourth-order valence-electron chi connectivity index (χ4n) is 1.77. The van der Waals surface area contributed by atoms with Crippen molar-refractivity contribution in [2.75, 3.05) is 6.61 Å². The molecule has 84 valence electrons. The summed E-state index contributed by atoms with van der Waals surface area (Å²) in [4.78, 5) is 12.0. The molecular formula is C12H13NO3. The third kappa shape index (κ3) is 1.56. The van der Waals surface area contributed by atoms with Gasteiger partial charge in [0.25, 0.3) is 0 Å². The monoisotopic (exact) mass is 219 g/mol. The summed E-state index contributed by atoms with van der Waals surface area (Å²) in [5.41, 5.74) is 2.68. The van der Waals surface area contributed by atoms with E-state index in [1.165, 1.54) is 0 Å². The zero-order valence-electron chi connectivity index (χ0n) is 9.28. The summed E-state index contributed by atoms with van der Waals surface area (Å²) in [6.07, 6.45) is 0.336. The number of ketones is 1. The second-order valence-electron chi connectivity index (χ2n) is 3.86. The Kier molecular flexibility index (Phi) is 2.64. The van der Waals surface area contributed by atoms with E-state index in [2.05, 4.69) is 5.16 Å². The van der Waals surface area contributed by atoms with Crippen molar-refractivity contribution in [3.05, 3.63) is 28.8 Å². The molecule has 0 fully saturated rings. The van der Waals surface area contributed by atoms with Crippen molar-refractivity contribution in [1.29, 1.82) is 0 Å². The number of carbonyl (C=O) groups excluding carboxylic acids is 1. The lowest BCUT2D eigenvalue weighted by molar-refractivity contribution is 0.106. The SMILES string of the molecule is Cc1ccc2c(c1C)OCC/C(=N/O)C2=O. The largest absolute Gasteiger partial charge is 0.492 e. The topological polar surface area (TPSA) is 58.9 Å². The summed E-state index contributed by atoms with van der Waals surface area (Å²) in [7, 11) is 0. The number of ether oxygens (including phenoxy) is 1. The van der Waals surface area contributed by atoms with Crippen LogP contribution in [0.15, 0.2) is 17.3 Å². The van der Waals surface area contributed by atoms with Gasteiger partial charge < -0.3 is 9.94 Å². The second-order valence-corrected chi connectivity index (χ2v) is 3.86. The number of hydrogen-bond acceptors (Lipinski definition) is 4. The first kappa shape index (κ1) is 10.7. The quantitative estimate of drug-likeness (QED) is 0.537. The van der Waals surface area contributed by atoms with Crippen molar-refractivity contribution in [3.8, 4) is 5.75 Å². The van der Waals surface area contributed by atoms with Crippen LogP contribution in [0.25, 0.3) is 0 Å². The second kappa shape index (κ2) is 3.96. The standard InChI is InChI=1S/C12H13NO3/c1-7-3-4-9-11(14)10(13-15)5-6-16-12(9)8(7)2/h3-4,15H,5-6H2,1-2H3/b13-10-. The van der Waals surface area contributed by atoms with Crippen molar-refractivity contribution in [2.24, 2.45) is 5.16 Å². The number of oxime groups is 1. The van der Waals surface area contributed by atoms with E-state index in [4.69, 9.17) is 9.94 Å². The first-order valence-corrected chi connectivity index (χ1v) is 5.13. The summed E-state index contributed by atoms with van der Waals surface area (Å²) in [6.45, 7) is 4.25. The minimum atomic E-state index is -0.252. The lowest BCUT2D eigenvalue weighted by atomic mass is 9.99. The molecule has 2 rings (SSSR count). The average molecular weight is 219 g/mol. The molecule has 0 spiro atoms. The molecule has 1 aromatic carbocycles. The maximum absolute atomic E-state index is 12.0. The Morgan fingerprint density at radius 1 is 1.38 bits per heavy atom. The Morgan fingerprint density at radius 2 is 2.12 bits per heavy atom. The van der Waals surface area contributed by atoms with E-state index in [0.717, 1.165) is 11.1 Å². The van der Waals surface area contributed by atoms with E-state index >= 15 is 0 Å². The minimum absolute atomic E-state index is 0.155. The fraction of sp³-hybridized carbons (Fsp3) is 0.333. The first-order chi connectivity index (χ1) is 7.65. The summed E-state index contributed by atoms with van der Waals surface area (Å²) >= 11 is 0. The Hall–Kier alpha value is -1.84. The van der Waals surface area contributed by atoms with Crippen LogP contribution in [0.2, 0.25) is 0 Å². The molecule has 0 unspecified atom stereocenters. The molecular weight excluding hydrogens is 206 g/mol. The van der Waals surface area contributed by atoms with E-state index in [9.17, 15) is 4.79 Å². The molecule has 4 heteroatoms. The third-order valence-electron chi connectivity index (χ3n) is 2.89. The van der Waals surface area contributed by atoms with Gasteiger partial charge in [0.05, 0.1) is 12.2 Å². The van der Waals surface area contributed by atoms with Gasteiger partial charge in [-0.05, 0) is 31.0 Å². The number of hydrogen-bond donors (Lipinski definition) is 1. The molecule has 1 heterocycles. The van der Waals surface area contributed by atoms with Crippen LogP contribution < -0.4 is 4.74 Å². The van der Waals surface area contributed by atoms with Crippen LogP contribution in [0.5, 0.6) is 5.75 Å². The van der Waals surface area contributed by atoms with E-state index < -0.39 is 0 Å². The van der Waals surface area contributed by atoms with Gasteiger partial charge in [-0.25, -0.2) is 0 Å². The Morgan fingerprint density at radius 3 is 2.81 bits per heavy atom. The van der Waals surface area contributed by atoms with Gasteiger partial charge in [-0.3, -0.25) is 4.79 Å². The molecule has 1 aliphatic heterocycles. The molecule has 4 nitrogen and oxygen atoms in total. The molecule has 0 bridgehead atoms. The van der Waals surface area contributed by atoms with Crippen molar-refractivity contribution in [2.45, 2.75) is 20.3 Å². The summed E-state index contributed by atoms with van der Waals surface area (Å²) < 4.78 is 5.55. The smallest absolute Gasteiger partial charge is 0.214 e. The van der Waals surface area contributed by atoms with Gasteiger partial charge >= 0.3 is 0 Å². The molecule has 0 atom stereocenters. The molecule has 0 aromatic heterocycles. The summed E-state index contributed by atoms with van der Waals surface area (Å²) in [5, 5.41) is 11.8. The highest BCUT2D eigenvalue weighted by molar-refractivity contribution is 6.46. The summed E-state index contributed by atoms with van der Waals surface area (Å²) in [6, 6.07) is 3.59. The zero-order valence-corrected chi connectivity index (χ0v) is 9.28. The van der Waals surface area contributed by atoms with Crippen molar-refractivity contribution in [1.82, 2.24) is 0 Å². The van der Waals surface area contributed by atoms with Crippen LogP contribution in [0, 0.1) is 13.8 Å². The molecule has 0 radical (unpaired) electrons. The molecule has 16 heavy (non-hydrogen) atoms. The number of aryl methyl sites for hydroxylation is 1. The van der Waals surface area contributed by atoms with Gasteiger partial charge in [-0.2, -0.15) is 0 Å². The van der Waals surface area contributed by atoms with Gasteiger partial charge in [0.15, 0.2) is 0 Å². The van der Waals surface area contributed by atoms with Crippen molar-refractivity contribution < 1.29 is 14.7 Å². The molecule has 0 saturated carbocycles. The number of Topliss-reactive ketones (excluding diaryl/α,β-unsaturated/α-hetero) is 1. The maximum atomic E-state index is 12.0. The van der Waals surface area contributed by atoms with Crippen LogP contribution in [-0.2, 0) is 0 Å². The van der Waals surface area contributed by atoms with Gasteiger partial charge in [0, 0.05) is 6.42 Å². The van der Waals surface area contributed by atoms with Crippen molar-refractivity contribution in [3.63, 3.8) is 0 Å². The zero-order chi connectivity index (χ0) is 11.7. The molecule has 0 amide bonds. The lowest BCUT2D eigenvalue weighted by Gasteiger charge is -2.11. The highest BCUT2D eigenvalue weighted by Crippen LogP contribution is 2.29. The molecule has 1 aromatic rings. The predicted molar refractivity (Wildman–Crippen MR) is 59.6 cm³/mol. The number of benzene rings is 1. The average Bonchev–Trinajstić information content (AvgIpc) is 2.44. The highest BCUT2D eigenvalue weighted by Gasteiger charge is 2.24. The number of fused-ring (bicyclic) bond motifs is 1. The Bertz CT molecular complexity index is 477. The van der Waals surface area contributed by atoms with Gasteiger partial charge in [-0.15, -0.1) is 0 Å². The van der Waals surface area contributed by atoms with Crippen LogP contribution in [0.3, 0.4) is 0 Å². The summed E-state index contributed by atoms with van der Waals surface area (Å²) in [5.74, 6) is 0.363. The lowest BCUT2D eigenvalue weighted by Crippen LogP contribution is -2.13. The van der Waals surface area contributed by atoms with Crippen LogP contribution >= 0.6 is 0 Å². The molecule has 1 aliphatic rings. The van der Waals surface area contributed by atoms with E-state index in [0.29, 0.717) is 24.3 Å². The van der Waals surface area contributed by atoms with E-state index in [1.54, 1.807) is 6.07 Å². The van der Waals surface area contributed by atoms with Crippen LogP contribution in [0.1, 0.15) is 27.9 Å². The van der Waals surface area contributed by atoms with Gasteiger partial charge in [-0.1, -0.05) is 11.2 Å². The van der Waals surface area contributed by atoms with E-state index in [1.807, 2.05) is 19.9 Å². The maximum Gasteiger partial charge on any atom is 0.214 e. The van der Waals surface area contributed by atoms with Crippen LogP contribution in [0.4, 0.5) is 0 Å². The Balaban J connectivity index is 2.61. The van der Waals surface area contributed by atoms with E-state index in [-0.39, 0.29) is 11.5 Å². The number of carbonyl (C=O) groups is 1.